The molecule has 0 unspecified atom stereocenters. The maximum atomic E-state index is 11.4. The summed E-state index contributed by atoms with van der Waals surface area (Å²) in [5, 5.41) is 4.02. The molecule has 1 aliphatic rings. The Morgan fingerprint density at radius 3 is 3.06 bits per heavy atom. The van der Waals surface area contributed by atoms with Crippen molar-refractivity contribution in [3.05, 3.63) is 55.5 Å². The summed E-state index contributed by atoms with van der Waals surface area (Å²) in [6.07, 6.45) is 8.47. The number of aromatic nitrogens is 1. The number of hydrogen-bond acceptors (Lipinski definition) is 5. The molecule has 0 spiro atoms. The summed E-state index contributed by atoms with van der Waals surface area (Å²) >= 11 is 0. The van der Waals surface area contributed by atoms with Gasteiger partial charge in [0.05, 0.1) is 7.11 Å². The van der Waals surface area contributed by atoms with Gasteiger partial charge in [-0.05, 0) is 31.4 Å². The lowest BCUT2D eigenvalue weighted by Gasteiger charge is -2.10. The molecule has 0 saturated heterocycles. The lowest BCUT2D eigenvalue weighted by Crippen LogP contribution is -2.18. The zero-order chi connectivity index (χ0) is 12.8. The van der Waals surface area contributed by atoms with E-state index in [-0.39, 0.29) is 5.97 Å². The maximum Gasteiger partial charge on any atom is 0.314 e. The third-order valence-electron chi connectivity index (χ3n) is 2.30. The molecule has 0 atom stereocenters. The third kappa shape index (κ3) is 3.06. The van der Waals surface area contributed by atoms with Crippen LogP contribution in [0.2, 0.25) is 0 Å². The van der Waals surface area contributed by atoms with E-state index >= 15 is 0 Å². The number of hydrazone groups is 1. The summed E-state index contributed by atoms with van der Waals surface area (Å²) in [6.45, 7) is 0. The van der Waals surface area contributed by atoms with E-state index in [1.54, 1.807) is 37.7 Å². The SMILES string of the molecule is COC(=O)[C]1[CH][CH][CH][C]1/C=N/Nc1ccccn1. The van der Waals surface area contributed by atoms with Gasteiger partial charge in [-0.2, -0.15) is 5.10 Å². The second-order valence-corrected chi connectivity index (χ2v) is 3.47. The number of methoxy groups -OCH3 is 1. The number of hydrogen-bond donors (Lipinski definition) is 1. The summed E-state index contributed by atoms with van der Waals surface area (Å²) < 4.78 is 4.67. The van der Waals surface area contributed by atoms with Crippen LogP contribution in [0, 0.1) is 31.1 Å². The minimum atomic E-state index is -0.376. The van der Waals surface area contributed by atoms with Gasteiger partial charge < -0.3 is 4.74 Å². The van der Waals surface area contributed by atoms with Crippen molar-refractivity contribution >= 4 is 18.0 Å². The van der Waals surface area contributed by atoms with Crippen LogP contribution in [0.4, 0.5) is 5.82 Å². The summed E-state index contributed by atoms with van der Waals surface area (Å²) in [4.78, 5) is 15.5. The number of rotatable bonds is 4. The van der Waals surface area contributed by atoms with Gasteiger partial charge in [-0.1, -0.05) is 6.07 Å². The van der Waals surface area contributed by atoms with Crippen LogP contribution in [0.3, 0.4) is 0 Å². The first-order valence-corrected chi connectivity index (χ1v) is 5.35. The Morgan fingerprint density at radius 2 is 2.33 bits per heavy atom. The minimum Gasteiger partial charge on any atom is -0.469 e. The molecule has 1 heterocycles. The Bertz CT molecular complexity index is 420. The van der Waals surface area contributed by atoms with Gasteiger partial charge in [-0.25, -0.2) is 4.98 Å². The van der Waals surface area contributed by atoms with Crippen molar-refractivity contribution in [1.29, 1.82) is 0 Å². The van der Waals surface area contributed by atoms with Crippen LogP contribution < -0.4 is 5.43 Å². The molecule has 5 heteroatoms. The van der Waals surface area contributed by atoms with Gasteiger partial charge in [-0.3, -0.25) is 10.2 Å². The van der Waals surface area contributed by atoms with Gasteiger partial charge in [0.25, 0.3) is 0 Å². The number of pyridine rings is 1. The average Bonchev–Trinajstić information content (AvgIpc) is 2.87. The fourth-order valence-electron chi connectivity index (χ4n) is 1.44. The largest absolute Gasteiger partial charge is 0.469 e. The van der Waals surface area contributed by atoms with Gasteiger partial charge in [0, 0.05) is 18.3 Å². The van der Waals surface area contributed by atoms with Crippen molar-refractivity contribution in [2.24, 2.45) is 5.10 Å². The lowest BCUT2D eigenvalue weighted by atomic mass is 9.98. The Morgan fingerprint density at radius 1 is 1.44 bits per heavy atom. The van der Waals surface area contributed by atoms with E-state index < -0.39 is 0 Å². The van der Waals surface area contributed by atoms with E-state index in [2.05, 4.69) is 20.2 Å². The maximum absolute atomic E-state index is 11.4. The Balaban J connectivity index is 1.90. The smallest absolute Gasteiger partial charge is 0.314 e. The topological polar surface area (TPSA) is 63.6 Å². The normalized spacial score (nSPS) is 17.2. The Hall–Kier alpha value is -1.91. The molecule has 1 aliphatic carbocycles. The molecule has 0 aliphatic heterocycles. The molecule has 1 aromatic rings. The number of esters is 1. The van der Waals surface area contributed by atoms with Crippen LogP contribution in [0.25, 0.3) is 0 Å². The van der Waals surface area contributed by atoms with E-state index in [0.29, 0.717) is 17.7 Å². The van der Waals surface area contributed by atoms with E-state index in [9.17, 15) is 4.79 Å². The number of anilines is 1. The minimum absolute atomic E-state index is 0.376. The van der Waals surface area contributed by atoms with E-state index in [0.717, 1.165) is 0 Å². The molecular weight excluding hydrogens is 230 g/mol. The molecule has 1 N–H and O–H groups in total. The number of ether oxygens (including phenoxy) is 1. The molecular formula is C13H12N3O2. The predicted molar refractivity (Wildman–Crippen MR) is 67.8 cm³/mol. The molecule has 2 rings (SSSR count). The highest BCUT2D eigenvalue weighted by Gasteiger charge is 2.34. The van der Waals surface area contributed by atoms with Gasteiger partial charge in [-0.15, -0.1) is 0 Å². The molecule has 0 amide bonds. The summed E-state index contributed by atoms with van der Waals surface area (Å²) in [6, 6.07) is 5.47. The Labute approximate surface area is 106 Å². The van der Waals surface area contributed by atoms with Crippen LogP contribution in [0.15, 0.2) is 29.5 Å². The number of carbonyl (C=O) groups excluding carboxylic acids is 1. The number of nitrogens with one attached hydrogen (secondary N) is 1. The molecule has 91 valence electrons. The summed E-state index contributed by atoms with van der Waals surface area (Å²) in [7, 11) is 1.35. The highest BCUT2D eigenvalue weighted by molar-refractivity contribution is 6.03. The standard InChI is InChI=1S/C13H12N3O2/c1-18-13(17)11-6-4-5-10(11)9-15-16-12-7-2-3-8-14-12/h2-9H,1H3,(H,14,16)/b15-9+. The van der Waals surface area contributed by atoms with Gasteiger partial charge in [0.1, 0.15) is 11.7 Å². The van der Waals surface area contributed by atoms with Gasteiger partial charge in [0.2, 0.25) is 0 Å². The van der Waals surface area contributed by atoms with E-state index in [1.807, 2.05) is 12.1 Å². The predicted octanol–water partition coefficient (Wildman–Crippen LogP) is 1.43. The molecule has 1 fully saturated rings. The third-order valence-corrected chi connectivity index (χ3v) is 2.30. The fraction of sp³-hybridized carbons (Fsp3) is 0.0769. The first kappa shape index (κ1) is 12.5. The second kappa shape index (κ2) is 6.14. The van der Waals surface area contributed by atoms with Crippen LogP contribution in [-0.2, 0) is 9.53 Å². The molecule has 0 aromatic carbocycles. The van der Waals surface area contributed by atoms with Crippen LogP contribution in [0.5, 0.6) is 0 Å². The fourth-order valence-corrected chi connectivity index (χ4v) is 1.44. The highest BCUT2D eigenvalue weighted by atomic mass is 16.5. The van der Waals surface area contributed by atoms with Crippen molar-refractivity contribution in [3.8, 4) is 0 Å². The van der Waals surface area contributed by atoms with Gasteiger partial charge >= 0.3 is 5.97 Å². The molecule has 1 aromatic heterocycles. The zero-order valence-electron chi connectivity index (χ0n) is 9.83. The summed E-state index contributed by atoms with van der Waals surface area (Å²) in [5.41, 5.74) is 2.77. The number of carbonyl (C=O) groups is 1. The molecule has 5 nitrogen and oxygen atoms in total. The highest BCUT2D eigenvalue weighted by Crippen LogP contribution is 2.32. The Kier molecular flexibility index (Phi) is 4.28. The second-order valence-electron chi connectivity index (χ2n) is 3.47. The van der Waals surface area contributed by atoms with Crippen molar-refractivity contribution in [3.63, 3.8) is 0 Å². The lowest BCUT2D eigenvalue weighted by molar-refractivity contribution is -0.137. The average molecular weight is 242 g/mol. The van der Waals surface area contributed by atoms with Crippen LogP contribution in [-0.4, -0.2) is 24.3 Å². The van der Waals surface area contributed by atoms with E-state index in [4.69, 9.17) is 0 Å². The monoisotopic (exact) mass is 242 g/mol. The first-order valence-electron chi connectivity index (χ1n) is 5.35. The molecule has 5 radical (unpaired) electrons. The van der Waals surface area contributed by atoms with Crippen molar-refractivity contribution < 1.29 is 9.53 Å². The first-order chi connectivity index (χ1) is 8.81. The number of nitrogens with zero attached hydrogens (tertiary/aromatic N) is 2. The molecule has 0 bridgehead atoms. The van der Waals surface area contributed by atoms with Crippen LogP contribution in [0.1, 0.15) is 0 Å². The van der Waals surface area contributed by atoms with Crippen molar-refractivity contribution in [2.75, 3.05) is 12.5 Å². The van der Waals surface area contributed by atoms with E-state index in [1.165, 1.54) is 7.11 Å². The zero-order valence-corrected chi connectivity index (χ0v) is 9.83. The van der Waals surface area contributed by atoms with Crippen LogP contribution >= 0.6 is 0 Å². The molecule has 18 heavy (non-hydrogen) atoms. The van der Waals surface area contributed by atoms with Crippen molar-refractivity contribution in [1.82, 2.24) is 4.98 Å². The van der Waals surface area contributed by atoms with Gasteiger partial charge in [0.15, 0.2) is 0 Å². The quantitative estimate of drug-likeness (QED) is 0.493. The molecule has 1 saturated carbocycles. The van der Waals surface area contributed by atoms with Crippen molar-refractivity contribution in [2.45, 2.75) is 0 Å². The summed E-state index contributed by atoms with van der Waals surface area (Å²) in [5.74, 6) is 1.45.